The van der Waals surface area contributed by atoms with E-state index in [1.54, 1.807) is 6.20 Å². The molecule has 2 aromatic rings. The van der Waals surface area contributed by atoms with Gasteiger partial charge in [-0.25, -0.2) is 0 Å². The molecule has 0 amide bonds. The molecule has 2 rings (SSSR count). The van der Waals surface area contributed by atoms with Crippen LogP contribution in [0.25, 0.3) is 0 Å². The topological polar surface area (TPSA) is 36.4 Å². The van der Waals surface area contributed by atoms with Crippen molar-refractivity contribution in [3.63, 3.8) is 0 Å². The van der Waals surface area contributed by atoms with E-state index in [9.17, 15) is 5.11 Å². The number of aromatic nitrogens is 1. The summed E-state index contributed by atoms with van der Waals surface area (Å²) in [5.41, 5.74) is 2.88. The van der Waals surface area contributed by atoms with Crippen LogP contribution in [0.4, 0.5) is 5.69 Å². The van der Waals surface area contributed by atoms with E-state index in [1.165, 1.54) is 0 Å². The summed E-state index contributed by atoms with van der Waals surface area (Å²) in [7, 11) is 2.03. The second kappa shape index (κ2) is 6.92. The number of aliphatic hydroxyl groups excluding tert-OH is 1. The fraction of sp³-hybridized carbons (Fsp3) is 0.353. The van der Waals surface area contributed by atoms with E-state index in [-0.39, 0.29) is 6.04 Å². The minimum atomic E-state index is -0.491. The number of halogens is 1. The highest BCUT2D eigenvalue weighted by Gasteiger charge is 2.14. The third kappa shape index (κ3) is 3.74. The molecule has 4 heteroatoms. The van der Waals surface area contributed by atoms with Gasteiger partial charge in [0.05, 0.1) is 29.7 Å². The van der Waals surface area contributed by atoms with Gasteiger partial charge in [0.1, 0.15) is 0 Å². The average molecular weight is 305 g/mol. The number of anilines is 1. The van der Waals surface area contributed by atoms with Crippen LogP contribution in [0.15, 0.2) is 42.6 Å². The lowest BCUT2D eigenvalue weighted by Crippen LogP contribution is -2.21. The van der Waals surface area contributed by atoms with Gasteiger partial charge in [0.15, 0.2) is 0 Å². The Morgan fingerprint density at radius 1 is 1.29 bits per heavy atom. The molecule has 1 aromatic heterocycles. The van der Waals surface area contributed by atoms with Crippen molar-refractivity contribution in [1.29, 1.82) is 0 Å². The van der Waals surface area contributed by atoms with Gasteiger partial charge in [-0.05, 0) is 43.2 Å². The van der Waals surface area contributed by atoms with Crippen molar-refractivity contribution in [1.82, 2.24) is 4.98 Å². The number of benzene rings is 1. The van der Waals surface area contributed by atoms with Gasteiger partial charge >= 0.3 is 0 Å². The summed E-state index contributed by atoms with van der Waals surface area (Å²) >= 11 is 6.05. The minimum absolute atomic E-state index is 0.187. The summed E-state index contributed by atoms with van der Waals surface area (Å²) < 4.78 is 0. The molecule has 1 unspecified atom stereocenters. The molecule has 1 aromatic carbocycles. The van der Waals surface area contributed by atoms with Crippen molar-refractivity contribution < 1.29 is 5.11 Å². The monoisotopic (exact) mass is 304 g/mol. The molecule has 1 heterocycles. The molecule has 0 aliphatic rings. The second-order valence-electron chi connectivity index (χ2n) is 5.21. The smallest absolute Gasteiger partial charge is 0.0957 e. The molecule has 1 N–H and O–H groups in total. The lowest BCUT2D eigenvalue weighted by atomic mass is 10.1. The predicted octanol–water partition coefficient (Wildman–Crippen LogP) is 4.38. The Morgan fingerprint density at radius 3 is 2.62 bits per heavy atom. The van der Waals surface area contributed by atoms with Gasteiger partial charge in [-0.3, -0.25) is 4.98 Å². The van der Waals surface area contributed by atoms with E-state index in [4.69, 9.17) is 11.6 Å². The Morgan fingerprint density at radius 2 is 2.05 bits per heavy atom. The van der Waals surface area contributed by atoms with Crippen molar-refractivity contribution >= 4 is 17.3 Å². The molecule has 0 radical (unpaired) electrons. The van der Waals surface area contributed by atoms with Crippen LogP contribution in [-0.2, 0) is 0 Å². The molecule has 0 saturated carbocycles. The van der Waals surface area contributed by atoms with E-state index in [0.717, 1.165) is 16.3 Å². The first-order valence-corrected chi connectivity index (χ1v) is 7.53. The fourth-order valence-electron chi connectivity index (χ4n) is 2.23. The van der Waals surface area contributed by atoms with Gasteiger partial charge in [0, 0.05) is 12.1 Å². The van der Waals surface area contributed by atoms with Crippen LogP contribution in [0.3, 0.4) is 0 Å². The third-order valence-corrected chi connectivity index (χ3v) is 4.05. The van der Waals surface area contributed by atoms with Crippen LogP contribution >= 0.6 is 11.6 Å². The quantitative estimate of drug-likeness (QED) is 0.890. The highest BCUT2D eigenvalue weighted by Crippen LogP contribution is 2.27. The van der Waals surface area contributed by atoms with Crippen LogP contribution in [0.2, 0.25) is 5.02 Å². The second-order valence-corrected chi connectivity index (χ2v) is 5.64. The van der Waals surface area contributed by atoms with Crippen molar-refractivity contribution in [2.24, 2.45) is 0 Å². The van der Waals surface area contributed by atoms with Crippen LogP contribution in [0.1, 0.15) is 43.7 Å². The van der Waals surface area contributed by atoms with E-state index < -0.39 is 6.10 Å². The Hall–Kier alpha value is -1.58. The van der Waals surface area contributed by atoms with Crippen LogP contribution in [0, 0.1) is 0 Å². The van der Waals surface area contributed by atoms with Gasteiger partial charge in [-0.15, -0.1) is 0 Å². The van der Waals surface area contributed by atoms with Gasteiger partial charge in [-0.2, -0.15) is 0 Å². The molecule has 112 valence electrons. The molecule has 3 nitrogen and oxygen atoms in total. The molecule has 0 fully saturated rings. The van der Waals surface area contributed by atoms with Gasteiger partial charge in [-0.1, -0.05) is 30.7 Å². The zero-order valence-electron chi connectivity index (χ0n) is 12.6. The lowest BCUT2D eigenvalue weighted by Gasteiger charge is -2.27. The first-order valence-electron chi connectivity index (χ1n) is 7.15. The molecule has 2 atom stereocenters. The van der Waals surface area contributed by atoms with E-state index >= 15 is 0 Å². The zero-order chi connectivity index (χ0) is 15.4. The van der Waals surface area contributed by atoms with Gasteiger partial charge in [0.2, 0.25) is 0 Å². The summed E-state index contributed by atoms with van der Waals surface area (Å²) in [6.07, 6.45) is 1.98. The minimum Gasteiger partial charge on any atom is -0.387 e. The number of hydrogen-bond acceptors (Lipinski definition) is 3. The largest absolute Gasteiger partial charge is 0.387 e. The maximum atomic E-state index is 9.79. The van der Waals surface area contributed by atoms with Gasteiger partial charge < -0.3 is 10.0 Å². The predicted molar refractivity (Wildman–Crippen MR) is 87.8 cm³/mol. The number of aliphatic hydroxyl groups is 1. The third-order valence-electron chi connectivity index (χ3n) is 3.82. The van der Waals surface area contributed by atoms with Crippen molar-refractivity contribution in [2.45, 2.75) is 32.4 Å². The molecular weight excluding hydrogens is 284 g/mol. The van der Waals surface area contributed by atoms with Crippen molar-refractivity contribution in [2.75, 3.05) is 11.9 Å². The number of rotatable bonds is 5. The van der Waals surface area contributed by atoms with Crippen molar-refractivity contribution in [3.8, 4) is 0 Å². The lowest BCUT2D eigenvalue weighted by molar-refractivity contribution is 0.169. The maximum Gasteiger partial charge on any atom is 0.0957 e. The van der Waals surface area contributed by atoms with E-state index in [2.05, 4.69) is 22.9 Å². The SMILES string of the molecule is CC[C@@H](O)c1ccc(N(C)C(C)c2cccc(Cl)c2)cn1. The fourth-order valence-corrected chi connectivity index (χ4v) is 2.42. The van der Waals surface area contributed by atoms with Crippen LogP contribution in [0.5, 0.6) is 0 Å². The summed E-state index contributed by atoms with van der Waals surface area (Å²) in [6.45, 7) is 4.06. The highest BCUT2D eigenvalue weighted by molar-refractivity contribution is 6.30. The highest BCUT2D eigenvalue weighted by atomic mass is 35.5. The molecule has 0 bridgehead atoms. The molecule has 0 aliphatic heterocycles. The van der Waals surface area contributed by atoms with Crippen molar-refractivity contribution in [3.05, 3.63) is 58.9 Å². The molecule has 0 spiro atoms. The zero-order valence-corrected chi connectivity index (χ0v) is 13.4. The normalized spacial score (nSPS) is 13.8. The Labute approximate surface area is 131 Å². The summed E-state index contributed by atoms with van der Waals surface area (Å²) in [5, 5.41) is 10.5. The molecule has 0 saturated heterocycles. The standard InChI is InChI=1S/C17H21ClN2O/c1-4-17(21)16-9-8-15(11-19-16)20(3)12(2)13-6-5-7-14(18)10-13/h5-12,17,21H,4H2,1-3H3/t12?,17-/m1/s1. The molecule has 0 aliphatic carbocycles. The number of hydrogen-bond donors (Lipinski definition) is 1. The van der Waals surface area contributed by atoms with Crippen LogP contribution in [-0.4, -0.2) is 17.1 Å². The average Bonchev–Trinajstić information content (AvgIpc) is 2.53. The molecule has 21 heavy (non-hydrogen) atoms. The first kappa shape index (κ1) is 15.8. The summed E-state index contributed by atoms with van der Waals surface area (Å²) in [4.78, 5) is 6.49. The van der Waals surface area contributed by atoms with E-state index in [1.807, 2.05) is 44.3 Å². The number of pyridine rings is 1. The molecular formula is C17H21ClN2O. The summed E-state index contributed by atoms with van der Waals surface area (Å²) in [5.74, 6) is 0. The Balaban J connectivity index is 2.17. The maximum absolute atomic E-state index is 9.79. The van der Waals surface area contributed by atoms with Crippen LogP contribution < -0.4 is 4.90 Å². The Bertz CT molecular complexity index is 586. The van der Waals surface area contributed by atoms with E-state index in [0.29, 0.717) is 12.1 Å². The first-order chi connectivity index (χ1) is 10.0. The van der Waals surface area contributed by atoms with Gasteiger partial charge in [0.25, 0.3) is 0 Å². The Kier molecular flexibility index (Phi) is 5.21. The number of nitrogens with zero attached hydrogens (tertiary/aromatic N) is 2. The summed E-state index contributed by atoms with van der Waals surface area (Å²) in [6, 6.07) is 11.9.